The zero-order chi connectivity index (χ0) is 21.1. The van der Waals surface area contributed by atoms with Gasteiger partial charge in [-0.1, -0.05) is 60.7 Å². The third-order valence-electron chi connectivity index (χ3n) is 4.26. The molecule has 2 aromatic heterocycles. The summed E-state index contributed by atoms with van der Waals surface area (Å²) >= 11 is 2.62. The number of thiazole rings is 2. The smallest absolute Gasteiger partial charge is 0.358 e. The average Bonchev–Trinajstić information content (AvgIpc) is 3.44. The fourth-order valence-corrected chi connectivity index (χ4v) is 5.07. The predicted octanol–water partition coefficient (Wildman–Crippen LogP) is 5.17. The lowest BCUT2D eigenvalue weighted by molar-refractivity contribution is 0.0584. The molecule has 0 fully saturated rings. The molecule has 6 nitrogen and oxygen atoms in total. The monoisotopic (exact) mass is 436 g/mol. The SMILES string of the molecule is COC(=O)c1nc(-c2ccccc2)sc1-c1sc(-c2ccccc2)nc1C(=O)OC. The van der Waals surface area contributed by atoms with Gasteiger partial charge in [-0.2, -0.15) is 0 Å². The van der Waals surface area contributed by atoms with Crippen molar-refractivity contribution in [1.82, 2.24) is 9.97 Å². The van der Waals surface area contributed by atoms with Crippen molar-refractivity contribution in [3.05, 3.63) is 72.1 Å². The Balaban J connectivity index is 1.92. The number of nitrogens with zero attached hydrogens (tertiary/aromatic N) is 2. The topological polar surface area (TPSA) is 78.4 Å². The number of carbonyl (C=O) groups is 2. The van der Waals surface area contributed by atoms with Gasteiger partial charge in [0.2, 0.25) is 0 Å². The largest absolute Gasteiger partial charge is 0.464 e. The molecule has 0 aliphatic rings. The zero-order valence-corrected chi connectivity index (χ0v) is 17.8. The van der Waals surface area contributed by atoms with Crippen molar-refractivity contribution in [2.24, 2.45) is 0 Å². The second kappa shape index (κ2) is 8.56. The third-order valence-corrected chi connectivity index (χ3v) is 6.63. The maximum absolute atomic E-state index is 12.5. The molecule has 0 unspecified atom stereocenters. The normalized spacial score (nSPS) is 10.6. The molecule has 0 aliphatic heterocycles. The molecule has 4 rings (SSSR count). The second-order valence-electron chi connectivity index (χ2n) is 6.11. The molecule has 0 N–H and O–H groups in total. The van der Waals surface area contributed by atoms with Gasteiger partial charge in [0.05, 0.1) is 24.0 Å². The van der Waals surface area contributed by atoms with Gasteiger partial charge >= 0.3 is 11.9 Å². The van der Waals surface area contributed by atoms with Crippen LogP contribution in [0.1, 0.15) is 21.0 Å². The van der Waals surface area contributed by atoms with Crippen molar-refractivity contribution < 1.29 is 19.1 Å². The molecule has 0 amide bonds. The van der Waals surface area contributed by atoms with E-state index >= 15 is 0 Å². The highest BCUT2D eigenvalue weighted by atomic mass is 32.1. The van der Waals surface area contributed by atoms with Crippen molar-refractivity contribution >= 4 is 34.6 Å². The summed E-state index contributed by atoms with van der Waals surface area (Å²) in [6, 6.07) is 19.0. The maximum atomic E-state index is 12.5. The Morgan fingerprint density at radius 1 is 0.667 bits per heavy atom. The first-order valence-electron chi connectivity index (χ1n) is 8.92. The predicted molar refractivity (Wildman–Crippen MR) is 117 cm³/mol. The molecule has 150 valence electrons. The van der Waals surface area contributed by atoms with Crippen molar-refractivity contribution in [3.8, 4) is 30.9 Å². The molecular formula is C22H16N2O4S2. The number of carbonyl (C=O) groups excluding carboxylic acids is 2. The Morgan fingerprint density at radius 2 is 1.03 bits per heavy atom. The number of ether oxygens (including phenoxy) is 2. The van der Waals surface area contributed by atoms with Crippen LogP contribution in [0.15, 0.2) is 60.7 Å². The van der Waals surface area contributed by atoms with Crippen molar-refractivity contribution in [1.29, 1.82) is 0 Å². The standard InChI is InChI=1S/C22H16N2O4S2/c1-27-21(25)15-17(29-19(23-15)13-9-5-3-6-10-13)18-16(22(26)28-2)24-20(30-18)14-11-7-4-8-12-14/h3-12H,1-2H3. The van der Waals surface area contributed by atoms with Crippen LogP contribution in [0, 0.1) is 0 Å². The number of methoxy groups -OCH3 is 2. The van der Waals surface area contributed by atoms with E-state index in [0.717, 1.165) is 11.1 Å². The number of esters is 2. The first-order valence-corrected chi connectivity index (χ1v) is 10.5. The van der Waals surface area contributed by atoms with Crippen LogP contribution < -0.4 is 0 Å². The van der Waals surface area contributed by atoms with Crippen molar-refractivity contribution in [2.75, 3.05) is 14.2 Å². The number of benzene rings is 2. The number of hydrogen-bond donors (Lipinski definition) is 0. The minimum absolute atomic E-state index is 0.148. The highest BCUT2D eigenvalue weighted by Crippen LogP contribution is 2.42. The molecule has 2 heterocycles. The summed E-state index contributed by atoms with van der Waals surface area (Å²) in [6.45, 7) is 0. The van der Waals surface area contributed by atoms with Gasteiger partial charge < -0.3 is 9.47 Å². The quantitative estimate of drug-likeness (QED) is 0.402. The zero-order valence-electron chi connectivity index (χ0n) is 16.1. The van der Waals surface area contributed by atoms with E-state index in [1.54, 1.807) is 0 Å². The molecule has 0 spiro atoms. The Hall–Kier alpha value is -3.36. The first-order chi connectivity index (χ1) is 14.6. The molecule has 0 radical (unpaired) electrons. The molecule has 0 bridgehead atoms. The fraction of sp³-hybridized carbons (Fsp3) is 0.0909. The van der Waals surface area contributed by atoms with Gasteiger partial charge in [-0.3, -0.25) is 0 Å². The Labute approximate surface area is 180 Å². The van der Waals surface area contributed by atoms with Crippen LogP contribution in [-0.2, 0) is 9.47 Å². The molecule has 0 saturated heterocycles. The second-order valence-corrected chi connectivity index (χ2v) is 8.11. The van der Waals surface area contributed by atoms with E-state index in [1.165, 1.54) is 36.9 Å². The van der Waals surface area contributed by atoms with E-state index in [1.807, 2.05) is 60.7 Å². The summed E-state index contributed by atoms with van der Waals surface area (Å²) in [6.07, 6.45) is 0. The minimum atomic E-state index is -0.575. The van der Waals surface area contributed by atoms with Gasteiger partial charge in [-0.05, 0) is 0 Å². The van der Waals surface area contributed by atoms with Gasteiger partial charge in [-0.15, -0.1) is 22.7 Å². The van der Waals surface area contributed by atoms with Gasteiger partial charge in [0.15, 0.2) is 11.4 Å². The van der Waals surface area contributed by atoms with Crippen molar-refractivity contribution in [3.63, 3.8) is 0 Å². The van der Waals surface area contributed by atoms with E-state index in [2.05, 4.69) is 9.97 Å². The van der Waals surface area contributed by atoms with Gasteiger partial charge in [0.1, 0.15) is 10.0 Å². The molecule has 4 aromatic rings. The highest BCUT2D eigenvalue weighted by molar-refractivity contribution is 7.25. The van der Waals surface area contributed by atoms with E-state index in [0.29, 0.717) is 19.8 Å². The number of hydrogen-bond acceptors (Lipinski definition) is 8. The molecule has 30 heavy (non-hydrogen) atoms. The summed E-state index contributed by atoms with van der Waals surface area (Å²) in [4.78, 5) is 35.0. The Bertz CT molecular complexity index is 1100. The van der Waals surface area contributed by atoms with E-state index in [4.69, 9.17) is 9.47 Å². The minimum Gasteiger partial charge on any atom is -0.464 e. The molecule has 0 saturated carbocycles. The number of aromatic nitrogens is 2. The lowest BCUT2D eigenvalue weighted by Gasteiger charge is -2.00. The van der Waals surface area contributed by atoms with Crippen LogP contribution in [0.2, 0.25) is 0 Å². The third kappa shape index (κ3) is 3.74. The van der Waals surface area contributed by atoms with Gasteiger partial charge in [-0.25, -0.2) is 19.6 Å². The van der Waals surface area contributed by atoms with Crippen LogP contribution in [-0.4, -0.2) is 36.1 Å². The fourth-order valence-electron chi connectivity index (χ4n) is 2.83. The van der Waals surface area contributed by atoms with Gasteiger partial charge in [0.25, 0.3) is 0 Å². The van der Waals surface area contributed by atoms with E-state index in [9.17, 15) is 9.59 Å². The lowest BCUT2D eigenvalue weighted by Crippen LogP contribution is -2.06. The average molecular weight is 437 g/mol. The molecular weight excluding hydrogens is 420 g/mol. The molecule has 8 heteroatoms. The Kier molecular flexibility index (Phi) is 5.69. The summed E-state index contributed by atoms with van der Waals surface area (Å²) < 4.78 is 9.88. The van der Waals surface area contributed by atoms with E-state index in [-0.39, 0.29) is 11.4 Å². The summed E-state index contributed by atoms with van der Waals surface area (Å²) in [5.74, 6) is -1.15. The van der Waals surface area contributed by atoms with Crippen LogP contribution in [0.25, 0.3) is 30.9 Å². The van der Waals surface area contributed by atoms with Gasteiger partial charge in [0, 0.05) is 11.1 Å². The summed E-state index contributed by atoms with van der Waals surface area (Å²) in [5.41, 5.74) is 2.03. The van der Waals surface area contributed by atoms with Crippen LogP contribution in [0.3, 0.4) is 0 Å². The first kappa shape index (κ1) is 19.9. The summed E-state index contributed by atoms with van der Waals surface area (Å²) in [7, 11) is 2.61. The molecule has 0 aliphatic carbocycles. The number of rotatable bonds is 5. The van der Waals surface area contributed by atoms with Crippen molar-refractivity contribution in [2.45, 2.75) is 0 Å². The van der Waals surface area contributed by atoms with Crippen LogP contribution in [0.4, 0.5) is 0 Å². The van der Waals surface area contributed by atoms with Crippen LogP contribution in [0.5, 0.6) is 0 Å². The maximum Gasteiger partial charge on any atom is 0.358 e. The lowest BCUT2D eigenvalue weighted by atomic mass is 10.2. The molecule has 0 atom stereocenters. The Morgan fingerprint density at radius 3 is 1.37 bits per heavy atom. The van der Waals surface area contributed by atoms with E-state index < -0.39 is 11.9 Å². The summed E-state index contributed by atoms with van der Waals surface area (Å²) in [5, 5.41) is 1.30. The van der Waals surface area contributed by atoms with Crippen LogP contribution >= 0.6 is 22.7 Å². The highest BCUT2D eigenvalue weighted by Gasteiger charge is 2.28. The molecule has 2 aromatic carbocycles.